The minimum absolute atomic E-state index is 0.0713. The number of ether oxygens (including phenoxy) is 2. The molecular weight excluding hydrogens is 588 g/mol. The maximum Gasteiger partial charge on any atom is 0.201 e. The number of hydrogen-bond donors (Lipinski definition) is 0. The van der Waals surface area contributed by atoms with Crippen LogP contribution in [-0.2, 0) is 6.42 Å². The van der Waals surface area contributed by atoms with E-state index in [0.717, 1.165) is 81.6 Å². The van der Waals surface area contributed by atoms with E-state index in [1.165, 1.54) is 51.4 Å². The van der Waals surface area contributed by atoms with Gasteiger partial charge < -0.3 is 9.47 Å². The molecule has 2 aromatic carbocycles. The zero-order valence-electron chi connectivity index (χ0n) is 28.1. The molecule has 0 atom stereocenters. The van der Waals surface area contributed by atoms with Gasteiger partial charge in [-0.05, 0) is 123 Å². The standard InChI is InChI=1S/C20H28F2O.C20H26F2O/c2*1-2-3-4-6-14-8-10-15(11-9-14)17-13-16-7-5-12-23-20(16)19(22)18(17)21/h13-15H,2-12H2,1H3;5,7,13-15H,2-4,6,8-12H2,1H3. The largest absolute Gasteiger partial charge is 0.490 e. The van der Waals surface area contributed by atoms with Gasteiger partial charge in [0.2, 0.25) is 11.6 Å². The summed E-state index contributed by atoms with van der Waals surface area (Å²) in [6, 6.07) is 3.68. The van der Waals surface area contributed by atoms with Crippen molar-refractivity contribution in [3.8, 4) is 11.5 Å². The molecule has 0 radical (unpaired) electrons. The molecule has 0 unspecified atom stereocenters. The number of halogens is 4. The first-order chi connectivity index (χ1) is 22.4. The summed E-state index contributed by atoms with van der Waals surface area (Å²) < 4.78 is 68.0. The summed E-state index contributed by atoms with van der Waals surface area (Å²) in [4.78, 5) is 0. The molecule has 6 rings (SSSR count). The van der Waals surface area contributed by atoms with Gasteiger partial charge in [0.25, 0.3) is 0 Å². The average Bonchev–Trinajstić information content (AvgIpc) is 3.09. The number of benzene rings is 2. The van der Waals surface area contributed by atoms with Crippen LogP contribution in [0.5, 0.6) is 11.5 Å². The lowest BCUT2D eigenvalue weighted by atomic mass is 9.76. The predicted octanol–water partition coefficient (Wildman–Crippen LogP) is 12.4. The molecule has 0 aromatic heterocycles. The zero-order valence-corrected chi connectivity index (χ0v) is 28.1. The van der Waals surface area contributed by atoms with Crippen LogP contribution in [0, 0.1) is 35.1 Å². The number of hydrogen-bond acceptors (Lipinski definition) is 2. The average molecular weight is 643 g/mol. The molecule has 2 fully saturated rings. The topological polar surface area (TPSA) is 18.5 Å². The van der Waals surface area contributed by atoms with Crippen LogP contribution in [-0.4, -0.2) is 13.2 Å². The van der Waals surface area contributed by atoms with Crippen LogP contribution in [0.25, 0.3) is 6.08 Å². The molecule has 254 valence electrons. The monoisotopic (exact) mass is 642 g/mol. The summed E-state index contributed by atoms with van der Waals surface area (Å²) in [7, 11) is 0. The second-order valence-electron chi connectivity index (χ2n) is 14.2. The van der Waals surface area contributed by atoms with Crippen molar-refractivity contribution in [2.45, 2.75) is 141 Å². The van der Waals surface area contributed by atoms with Crippen LogP contribution in [0.2, 0.25) is 0 Å². The fourth-order valence-electron chi connectivity index (χ4n) is 8.17. The predicted molar refractivity (Wildman–Crippen MR) is 179 cm³/mol. The van der Waals surface area contributed by atoms with E-state index in [9.17, 15) is 17.6 Å². The van der Waals surface area contributed by atoms with E-state index in [1.807, 2.05) is 18.2 Å². The molecule has 46 heavy (non-hydrogen) atoms. The molecule has 6 heteroatoms. The minimum Gasteiger partial charge on any atom is -0.490 e. The fourth-order valence-corrected chi connectivity index (χ4v) is 8.17. The van der Waals surface area contributed by atoms with E-state index in [2.05, 4.69) is 13.8 Å². The lowest BCUT2D eigenvalue weighted by Gasteiger charge is -2.30. The first-order valence-electron chi connectivity index (χ1n) is 18.4. The van der Waals surface area contributed by atoms with E-state index in [4.69, 9.17) is 9.47 Å². The van der Waals surface area contributed by atoms with Crippen molar-refractivity contribution in [2.24, 2.45) is 11.8 Å². The second-order valence-corrected chi connectivity index (χ2v) is 14.2. The van der Waals surface area contributed by atoms with Gasteiger partial charge in [-0.25, -0.2) is 8.78 Å². The molecule has 4 aliphatic rings. The van der Waals surface area contributed by atoms with Crippen molar-refractivity contribution in [1.29, 1.82) is 0 Å². The van der Waals surface area contributed by atoms with Crippen molar-refractivity contribution >= 4 is 6.08 Å². The molecule has 0 bridgehead atoms. The normalized spacial score (nSPS) is 23.8. The van der Waals surface area contributed by atoms with E-state index < -0.39 is 23.3 Å². The molecular formula is C40H54F4O2. The molecule has 0 amide bonds. The lowest BCUT2D eigenvalue weighted by Crippen LogP contribution is -2.17. The van der Waals surface area contributed by atoms with Crippen LogP contribution >= 0.6 is 0 Å². The van der Waals surface area contributed by atoms with Crippen molar-refractivity contribution < 1.29 is 27.0 Å². The Kier molecular flexibility index (Phi) is 12.9. The van der Waals surface area contributed by atoms with Gasteiger partial charge in [-0.1, -0.05) is 71.3 Å². The number of rotatable bonds is 10. The Morgan fingerprint density at radius 2 is 1.17 bits per heavy atom. The van der Waals surface area contributed by atoms with Gasteiger partial charge >= 0.3 is 0 Å². The molecule has 0 spiro atoms. The highest BCUT2D eigenvalue weighted by Gasteiger charge is 2.30. The molecule has 2 saturated carbocycles. The maximum absolute atomic E-state index is 14.5. The molecule has 0 saturated heterocycles. The molecule has 2 aromatic rings. The number of fused-ring (bicyclic) bond motifs is 2. The van der Waals surface area contributed by atoms with Gasteiger partial charge in [0.15, 0.2) is 23.1 Å². The minimum atomic E-state index is -0.813. The lowest BCUT2D eigenvalue weighted by molar-refractivity contribution is 0.263. The van der Waals surface area contributed by atoms with Crippen molar-refractivity contribution in [3.63, 3.8) is 0 Å². The highest BCUT2D eigenvalue weighted by molar-refractivity contribution is 5.61. The first kappa shape index (κ1) is 34.8. The van der Waals surface area contributed by atoms with E-state index in [1.54, 1.807) is 6.07 Å². The number of aryl methyl sites for hydroxylation is 1. The van der Waals surface area contributed by atoms with Gasteiger partial charge in [0.05, 0.1) is 6.61 Å². The van der Waals surface area contributed by atoms with Crippen LogP contribution in [0.4, 0.5) is 17.6 Å². The fraction of sp³-hybridized carbons (Fsp3) is 0.650. The van der Waals surface area contributed by atoms with Crippen molar-refractivity contribution in [2.75, 3.05) is 13.2 Å². The Morgan fingerprint density at radius 3 is 1.74 bits per heavy atom. The molecule has 0 N–H and O–H groups in total. The van der Waals surface area contributed by atoms with Gasteiger partial charge in [-0.3, -0.25) is 0 Å². The highest BCUT2D eigenvalue weighted by atomic mass is 19.2. The van der Waals surface area contributed by atoms with Crippen LogP contribution < -0.4 is 9.47 Å². The van der Waals surface area contributed by atoms with Crippen molar-refractivity contribution in [3.05, 3.63) is 63.7 Å². The summed E-state index contributed by atoms with van der Waals surface area (Å²) in [6.45, 7) is 5.26. The zero-order chi connectivity index (χ0) is 32.5. The third-order valence-electron chi connectivity index (χ3n) is 10.9. The van der Waals surface area contributed by atoms with Crippen LogP contribution in [0.3, 0.4) is 0 Å². The summed E-state index contributed by atoms with van der Waals surface area (Å²) in [6.07, 6.45) is 24.2. The summed E-state index contributed by atoms with van der Waals surface area (Å²) in [5.41, 5.74) is 2.67. The second kappa shape index (κ2) is 17.1. The maximum atomic E-state index is 14.5. The molecule has 2 nitrogen and oxygen atoms in total. The highest BCUT2D eigenvalue weighted by Crippen LogP contribution is 2.43. The van der Waals surface area contributed by atoms with Gasteiger partial charge in [-0.2, -0.15) is 8.78 Å². The van der Waals surface area contributed by atoms with Gasteiger partial charge in [-0.15, -0.1) is 0 Å². The van der Waals surface area contributed by atoms with Crippen molar-refractivity contribution in [1.82, 2.24) is 0 Å². The van der Waals surface area contributed by atoms with Crippen LogP contribution in [0.15, 0.2) is 18.2 Å². The molecule has 2 aliphatic carbocycles. The Balaban J connectivity index is 0.000000181. The SMILES string of the molecule is CCCCCC1CCC(c2cc3c(c(F)c2F)OCC=C3)CC1.CCCCCC1CCC(c2cc3c(c(F)c2F)OCCC3)CC1. The first-order valence-corrected chi connectivity index (χ1v) is 18.4. The Hall–Kier alpha value is -2.50. The Bertz CT molecular complexity index is 1310. The molecule has 2 heterocycles. The summed E-state index contributed by atoms with van der Waals surface area (Å²) in [5, 5.41) is 0. The number of unbranched alkanes of at least 4 members (excludes halogenated alkanes) is 4. The van der Waals surface area contributed by atoms with E-state index in [-0.39, 0.29) is 23.3 Å². The van der Waals surface area contributed by atoms with E-state index in [0.29, 0.717) is 29.9 Å². The Morgan fingerprint density at radius 1 is 0.630 bits per heavy atom. The quantitative estimate of drug-likeness (QED) is 0.190. The van der Waals surface area contributed by atoms with Gasteiger partial charge in [0, 0.05) is 5.56 Å². The summed E-state index contributed by atoms with van der Waals surface area (Å²) >= 11 is 0. The van der Waals surface area contributed by atoms with Crippen LogP contribution in [0.1, 0.15) is 157 Å². The molecule has 2 aliphatic heterocycles. The van der Waals surface area contributed by atoms with Gasteiger partial charge in [0.1, 0.15) is 6.61 Å². The smallest absolute Gasteiger partial charge is 0.201 e. The third-order valence-corrected chi connectivity index (χ3v) is 10.9. The Labute approximate surface area is 274 Å². The summed E-state index contributed by atoms with van der Waals surface area (Å²) in [5.74, 6) is -0.833. The third kappa shape index (κ3) is 8.50. The van der Waals surface area contributed by atoms with E-state index >= 15 is 0 Å².